The minimum Gasteiger partial charge on any atom is -0.0843 e. The summed E-state index contributed by atoms with van der Waals surface area (Å²) >= 11 is 6.25. The molecule has 98 valence electrons. The maximum atomic E-state index is 6.25. The number of benzene rings is 4. The minimum atomic E-state index is 0.794. The predicted octanol–water partition coefficient (Wildman–Crippen LogP) is 6.29. The van der Waals surface area contributed by atoms with E-state index in [1.165, 1.54) is 43.8 Å². The van der Waals surface area contributed by atoms with Crippen LogP contribution in [0.2, 0.25) is 5.02 Å². The third kappa shape index (κ3) is 1.40. The van der Waals surface area contributed by atoms with Crippen molar-refractivity contribution in [1.82, 2.24) is 0 Å². The molecule has 0 bridgehead atoms. The van der Waals surface area contributed by atoms with Gasteiger partial charge >= 0.3 is 0 Å². The summed E-state index contributed by atoms with van der Waals surface area (Å²) < 4.78 is 0. The van der Waals surface area contributed by atoms with Gasteiger partial charge in [-0.25, -0.2) is 0 Å². The topological polar surface area (TPSA) is 0 Å². The van der Waals surface area contributed by atoms with Crippen molar-refractivity contribution in [3.05, 3.63) is 71.8 Å². The van der Waals surface area contributed by atoms with Crippen LogP contribution in [-0.2, 0) is 0 Å². The SMILES string of the molecule is Clc1ccc2c(c1)-c1c3ccccc3cc3cccc-2c13. The Morgan fingerprint density at radius 3 is 2.43 bits per heavy atom. The normalized spacial score (nSPS) is 12.0. The zero-order valence-corrected chi connectivity index (χ0v) is 12.0. The van der Waals surface area contributed by atoms with E-state index in [4.69, 9.17) is 11.6 Å². The van der Waals surface area contributed by atoms with Crippen molar-refractivity contribution in [2.75, 3.05) is 0 Å². The molecule has 0 unspecified atom stereocenters. The van der Waals surface area contributed by atoms with Crippen LogP contribution in [0.1, 0.15) is 0 Å². The molecular formula is C20H11Cl. The van der Waals surface area contributed by atoms with Crippen LogP contribution >= 0.6 is 11.6 Å². The molecule has 4 aromatic rings. The fraction of sp³-hybridized carbons (Fsp3) is 0. The minimum absolute atomic E-state index is 0.794. The first-order chi connectivity index (χ1) is 10.3. The molecule has 4 aromatic carbocycles. The Balaban J connectivity index is 2.12. The fourth-order valence-corrected chi connectivity index (χ4v) is 3.76. The van der Waals surface area contributed by atoms with Crippen molar-refractivity contribution >= 4 is 33.1 Å². The van der Waals surface area contributed by atoms with Crippen LogP contribution < -0.4 is 0 Å². The number of hydrogen-bond acceptors (Lipinski definition) is 0. The molecule has 0 fully saturated rings. The molecule has 0 nitrogen and oxygen atoms in total. The Morgan fingerprint density at radius 2 is 1.48 bits per heavy atom. The van der Waals surface area contributed by atoms with E-state index in [-0.39, 0.29) is 0 Å². The summed E-state index contributed by atoms with van der Waals surface area (Å²) in [6.45, 7) is 0. The molecule has 0 amide bonds. The van der Waals surface area contributed by atoms with Gasteiger partial charge in [-0.3, -0.25) is 0 Å². The number of halogens is 1. The van der Waals surface area contributed by atoms with Gasteiger partial charge in [0.15, 0.2) is 0 Å². The van der Waals surface area contributed by atoms with Crippen LogP contribution in [0.3, 0.4) is 0 Å². The van der Waals surface area contributed by atoms with Crippen LogP contribution in [0.15, 0.2) is 66.7 Å². The van der Waals surface area contributed by atoms with Gasteiger partial charge in [0.1, 0.15) is 0 Å². The average molecular weight is 287 g/mol. The van der Waals surface area contributed by atoms with Gasteiger partial charge in [0.25, 0.3) is 0 Å². The fourth-order valence-electron chi connectivity index (χ4n) is 3.58. The molecule has 0 atom stereocenters. The molecule has 1 aliphatic rings. The summed E-state index contributed by atoms with van der Waals surface area (Å²) in [5, 5.41) is 6.04. The van der Waals surface area contributed by atoms with Gasteiger partial charge in [-0.15, -0.1) is 0 Å². The highest BCUT2D eigenvalue weighted by Gasteiger charge is 2.23. The van der Waals surface area contributed by atoms with Crippen molar-refractivity contribution in [2.45, 2.75) is 0 Å². The lowest BCUT2D eigenvalue weighted by Gasteiger charge is -2.08. The standard InChI is InChI=1S/C20H11Cl/c21-14-8-9-16-17-7-3-5-13-10-12-4-1-2-6-15(12)20(19(13)17)18(16)11-14/h1-11H. The van der Waals surface area contributed by atoms with Gasteiger partial charge in [0.05, 0.1) is 0 Å². The zero-order chi connectivity index (χ0) is 14.0. The van der Waals surface area contributed by atoms with Crippen LogP contribution in [0.4, 0.5) is 0 Å². The van der Waals surface area contributed by atoms with E-state index >= 15 is 0 Å². The van der Waals surface area contributed by atoms with Crippen LogP contribution in [0.5, 0.6) is 0 Å². The lowest BCUT2D eigenvalue weighted by molar-refractivity contribution is 1.70. The van der Waals surface area contributed by atoms with Crippen molar-refractivity contribution in [3.63, 3.8) is 0 Å². The monoisotopic (exact) mass is 286 g/mol. The second kappa shape index (κ2) is 3.87. The summed E-state index contributed by atoms with van der Waals surface area (Å²) in [5.74, 6) is 0. The zero-order valence-electron chi connectivity index (χ0n) is 11.2. The maximum Gasteiger partial charge on any atom is 0.0412 e. The molecule has 21 heavy (non-hydrogen) atoms. The first-order valence-electron chi connectivity index (χ1n) is 7.08. The van der Waals surface area contributed by atoms with Crippen molar-refractivity contribution in [3.8, 4) is 22.3 Å². The van der Waals surface area contributed by atoms with Gasteiger partial charge < -0.3 is 0 Å². The average Bonchev–Trinajstić information content (AvgIpc) is 2.84. The van der Waals surface area contributed by atoms with E-state index in [0.29, 0.717) is 0 Å². The summed E-state index contributed by atoms with van der Waals surface area (Å²) in [6, 6.07) is 23.6. The largest absolute Gasteiger partial charge is 0.0843 e. The number of fused-ring (bicyclic) bond motifs is 5. The van der Waals surface area contributed by atoms with Gasteiger partial charge in [0.2, 0.25) is 0 Å². The third-order valence-electron chi connectivity index (χ3n) is 4.43. The molecular weight excluding hydrogens is 276 g/mol. The molecule has 0 aromatic heterocycles. The van der Waals surface area contributed by atoms with Crippen LogP contribution in [0, 0.1) is 0 Å². The van der Waals surface area contributed by atoms with E-state index in [9.17, 15) is 0 Å². The molecule has 0 aliphatic heterocycles. The number of hydrogen-bond donors (Lipinski definition) is 0. The summed E-state index contributed by atoms with van der Waals surface area (Å²) in [6.07, 6.45) is 0. The predicted molar refractivity (Wildman–Crippen MR) is 90.9 cm³/mol. The molecule has 5 rings (SSSR count). The van der Waals surface area contributed by atoms with E-state index in [1.807, 2.05) is 6.07 Å². The quantitative estimate of drug-likeness (QED) is 0.293. The lowest BCUT2D eigenvalue weighted by Crippen LogP contribution is -1.80. The van der Waals surface area contributed by atoms with Gasteiger partial charge in [-0.2, -0.15) is 0 Å². The molecule has 0 heterocycles. The maximum absolute atomic E-state index is 6.25. The molecule has 0 saturated heterocycles. The Hall–Kier alpha value is -2.31. The van der Waals surface area contributed by atoms with Crippen LogP contribution in [-0.4, -0.2) is 0 Å². The smallest absolute Gasteiger partial charge is 0.0412 e. The first kappa shape index (κ1) is 11.4. The van der Waals surface area contributed by atoms with Crippen LogP contribution in [0.25, 0.3) is 43.8 Å². The highest BCUT2D eigenvalue weighted by molar-refractivity contribution is 6.32. The molecule has 1 aliphatic carbocycles. The molecule has 0 N–H and O–H groups in total. The third-order valence-corrected chi connectivity index (χ3v) is 4.66. The first-order valence-corrected chi connectivity index (χ1v) is 7.45. The van der Waals surface area contributed by atoms with Crippen molar-refractivity contribution in [2.24, 2.45) is 0 Å². The Morgan fingerprint density at radius 1 is 0.619 bits per heavy atom. The highest BCUT2D eigenvalue weighted by Crippen LogP contribution is 2.50. The summed E-state index contributed by atoms with van der Waals surface area (Å²) in [4.78, 5) is 0. The number of rotatable bonds is 0. The van der Waals surface area contributed by atoms with Gasteiger partial charge in [-0.05, 0) is 62.0 Å². The molecule has 0 spiro atoms. The van der Waals surface area contributed by atoms with E-state index in [0.717, 1.165) is 5.02 Å². The lowest BCUT2D eigenvalue weighted by atomic mass is 9.96. The van der Waals surface area contributed by atoms with E-state index < -0.39 is 0 Å². The molecule has 0 saturated carbocycles. The molecule has 0 radical (unpaired) electrons. The molecule has 1 heteroatoms. The van der Waals surface area contributed by atoms with E-state index in [2.05, 4.69) is 60.7 Å². The van der Waals surface area contributed by atoms with Crippen molar-refractivity contribution < 1.29 is 0 Å². The van der Waals surface area contributed by atoms with Crippen molar-refractivity contribution in [1.29, 1.82) is 0 Å². The van der Waals surface area contributed by atoms with Gasteiger partial charge in [0, 0.05) is 5.02 Å². The summed E-state index contributed by atoms with van der Waals surface area (Å²) in [5.41, 5.74) is 5.19. The van der Waals surface area contributed by atoms with Gasteiger partial charge in [-0.1, -0.05) is 60.1 Å². The highest BCUT2D eigenvalue weighted by atomic mass is 35.5. The second-order valence-electron chi connectivity index (χ2n) is 5.57. The van der Waals surface area contributed by atoms with E-state index in [1.54, 1.807) is 0 Å². The summed E-state index contributed by atoms with van der Waals surface area (Å²) in [7, 11) is 0. The Labute approximate surface area is 127 Å². The Bertz CT molecular complexity index is 1040. The Kier molecular flexibility index (Phi) is 2.09. The second-order valence-corrected chi connectivity index (χ2v) is 6.00.